The predicted molar refractivity (Wildman–Crippen MR) is 265 cm³/mol. The fourth-order valence-electron chi connectivity index (χ4n) is 8.46. The molecule has 0 aliphatic carbocycles. The molecule has 380 valence electrons. The number of nitrogens with zero attached hydrogens (tertiary/aromatic N) is 7. The second kappa shape index (κ2) is 24.7. The summed E-state index contributed by atoms with van der Waals surface area (Å²) >= 11 is 0. The zero-order valence-electron chi connectivity index (χ0n) is 40.7. The van der Waals surface area contributed by atoms with E-state index in [1.807, 2.05) is 43.5 Å². The number of piperidine rings is 1. The summed E-state index contributed by atoms with van der Waals surface area (Å²) in [6, 6.07) is 13.8. The number of aromatic nitrogens is 6. The van der Waals surface area contributed by atoms with Crippen LogP contribution in [0.5, 0.6) is 0 Å². The number of urea groups is 1. The molecule has 22 nitrogen and oxygen atoms in total. The number of ether oxygens (including phenoxy) is 1. The summed E-state index contributed by atoms with van der Waals surface area (Å²) in [7, 11) is 0. The molecule has 0 radical (unpaired) electrons. The summed E-state index contributed by atoms with van der Waals surface area (Å²) in [4.78, 5) is 109. The van der Waals surface area contributed by atoms with Crippen molar-refractivity contribution in [1.82, 2.24) is 60.6 Å². The van der Waals surface area contributed by atoms with Crippen molar-refractivity contribution in [3.8, 4) is 22.6 Å². The molecule has 8 amide bonds. The average molecular weight is 987 g/mol. The van der Waals surface area contributed by atoms with Gasteiger partial charge in [-0.15, -0.1) is 0 Å². The van der Waals surface area contributed by atoms with Crippen LogP contribution in [-0.4, -0.2) is 125 Å². The standard InChI is InChI=1S/C50H62N14O8/c1-31(2)44(61-41(65)14-5-4-6-24-63-42(66)19-20-43(63)67)48(69)58-38(13-8-22-52-49(51)70)47(68)57-35-17-15-33(16-18-35)29-72-50(71)62-23-9-11-36(28-62)53-27-39-59-45(34-21-25-64-40(26-34)54-30-55-64)46(60-39)37-12-7-10-32(3)56-37/h7,10,12,15-21,25-26,30-31,36,38,44,53H,4-6,8-9,11,13-14,22-24,27-29H2,1-3H3,(H,57,68)(H,58,69)(H,59,60)(H,61,65)(H3,51,52,70)/t36?,38?,44-/m0/s1. The SMILES string of the molecule is Cc1cccc(-c2[nH]c(CNC3CCCN(C(=O)OCc4ccc(NC(=O)C(CCCNC(N)=O)NC(=O)[C@@H](NC(=O)CCCCCN5C(=O)C=CC5=O)C(C)C)cc4)C3)nc2-c2ccn3ncnc3c2)n1. The maximum absolute atomic E-state index is 13.7. The number of aromatic amines is 1. The number of hydrogen-bond acceptors (Lipinski definition) is 13. The van der Waals surface area contributed by atoms with Crippen molar-refractivity contribution < 1.29 is 38.3 Å². The third kappa shape index (κ3) is 14.3. The number of anilines is 1. The Kier molecular flexibility index (Phi) is 17.8. The van der Waals surface area contributed by atoms with Crippen LogP contribution in [0.1, 0.15) is 82.3 Å². The van der Waals surface area contributed by atoms with Gasteiger partial charge in [-0.3, -0.25) is 33.9 Å². The van der Waals surface area contributed by atoms with Crippen molar-refractivity contribution in [2.75, 3.05) is 31.5 Å². The summed E-state index contributed by atoms with van der Waals surface area (Å²) in [6.07, 6.45) is 9.20. The number of nitrogens with two attached hydrogens (primary N) is 1. The third-order valence-corrected chi connectivity index (χ3v) is 12.3. The molecule has 22 heteroatoms. The number of aryl methyl sites for hydroxylation is 1. The van der Waals surface area contributed by atoms with Gasteiger partial charge in [0, 0.05) is 73.9 Å². The van der Waals surface area contributed by atoms with Gasteiger partial charge in [0.2, 0.25) is 17.7 Å². The highest BCUT2D eigenvalue weighted by Crippen LogP contribution is 2.30. The summed E-state index contributed by atoms with van der Waals surface area (Å²) in [6.45, 7) is 7.35. The van der Waals surface area contributed by atoms with Crippen LogP contribution in [-0.2, 0) is 41.9 Å². The smallest absolute Gasteiger partial charge is 0.410 e. The lowest BCUT2D eigenvalue weighted by atomic mass is 10.0. The largest absolute Gasteiger partial charge is 0.445 e. The second-order valence-electron chi connectivity index (χ2n) is 18.2. The van der Waals surface area contributed by atoms with E-state index in [9.17, 15) is 33.6 Å². The predicted octanol–water partition coefficient (Wildman–Crippen LogP) is 3.88. The first-order chi connectivity index (χ1) is 34.7. The maximum atomic E-state index is 13.7. The number of nitrogens with one attached hydrogen (secondary N) is 6. The molecule has 6 heterocycles. The number of rotatable bonds is 23. The number of benzene rings is 1. The van der Waals surface area contributed by atoms with Crippen molar-refractivity contribution in [1.29, 1.82) is 0 Å². The Hall–Kier alpha value is -8.01. The molecule has 0 saturated carbocycles. The molecular weight excluding hydrogens is 925 g/mol. The first-order valence-electron chi connectivity index (χ1n) is 24.2. The van der Waals surface area contributed by atoms with Gasteiger partial charge in [-0.25, -0.2) is 24.1 Å². The summed E-state index contributed by atoms with van der Waals surface area (Å²) < 4.78 is 7.42. The number of fused-ring (bicyclic) bond motifs is 1. The lowest BCUT2D eigenvalue weighted by molar-refractivity contribution is -0.137. The van der Waals surface area contributed by atoms with Crippen LogP contribution in [0.4, 0.5) is 15.3 Å². The number of H-pyrrole nitrogens is 1. The number of unbranched alkanes of at least 4 members (excludes halogenated alkanes) is 2. The Morgan fingerprint density at radius 3 is 2.47 bits per heavy atom. The van der Waals surface area contributed by atoms with Gasteiger partial charge in [0.15, 0.2) is 5.65 Å². The van der Waals surface area contributed by atoms with Crippen LogP contribution in [0.2, 0.25) is 0 Å². The van der Waals surface area contributed by atoms with E-state index in [1.54, 1.807) is 47.5 Å². The molecule has 72 heavy (non-hydrogen) atoms. The highest BCUT2D eigenvalue weighted by atomic mass is 16.6. The number of pyridine rings is 2. The first kappa shape index (κ1) is 51.8. The number of hydrogen-bond donors (Lipinski definition) is 7. The fraction of sp³-hybridized carbons (Fsp3) is 0.420. The molecule has 1 fully saturated rings. The molecule has 1 aromatic carbocycles. The van der Waals surface area contributed by atoms with Crippen LogP contribution >= 0.6 is 0 Å². The molecular formula is C50H62N14O8. The quantitative estimate of drug-likeness (QED) is 0.0362. The van der Waals surface area contributed by atoms with Gasteiger partial charge in [-0.2, -0.15) is 5.10 Å². The Morgan fingerprint density at radius 1 is 0.931 bits per heavy atom. The molecule has 0 spiro atoms. The normalized spacial score (nSPS) is 15.4. The Morgan fingerprint density at radius 2 is 1.72 bits per heavy atom. The minimum absolute atomic E-state index is 0.000599. The number of imidazole rings is 1. The molecule has 2 aliphatic heterocycles. The third-order valence-electron chi connectivity index (χ3n) is 12.3. The van der Waals surface area contributed by atoms with Gasteiger partial charge in [0.25, 0.3) is 11.8 Å². The first-order valence-corrected chi connectivity index (χ1v) is 24.2. The summed E-state index contributed by atoms with van der Waals surface area (Å²) in [5.74, 6) is -1.73. The van der Waals surface area contributed by atoms with Crippen LogP contribution in [0.3, 0.4) is 0 Å². The number of carbonyl (C=O) groups is 7. The number of carbonyl (C=O) groups excluding carboxylic acids is 7. The van der Waals surface area contributed by atoms with Gasteiger partial charge in [0.1, 0.15) is 30.8 Å². The van der Waals surface area contributed by atoms with Gasteiger partial charge >= 0.3 is 12.1 Å². The molecule has 5 aromatic rings. The number of amides is 8. The van der Waals surface area contributed by atoms with Gasteiger partial charge < -0.3 is 46.9 Å². The van der Waals surface area contributed by atoms with E-state index in [4.69, 9.17) is 20.4 Å². The molecule has 4 aromatic heterocycles. The molecule has 1 saturated heterocycles. The van der Waals surface area contributed by atoms with E-state index >= 15 is 0 Å². The van der Waals surface area contributed by atoms with Crippen molar-refractivity contribution in [2.45, 2.75) is 103 Å². The van der Waals surface area contributed by atoms with Crippen LogP contribution in [0, 0.1) is 12.8 Å². The van der Waals surface area contributed by atoms with Crippen molar-refractivity contribution in [2.24, 2.45) is 11.7 Å². The molecule has 2 unspecified atom stereocenters. The van der Waals surface area contributed by atoms with Crippen LogP contribution < -0.4 is 32.3 Å². The Labute approximate surface area is 416 Å². The summed E-state index contributed by atoms with van der Waals surface area (Å²) in [5.41, 5.74) is 11.1. The van der Waals surface area contributed by atoms with Gasteiger partial charge in [0.05, 0.1) is 23.6 Å². The van der Waals surface area contributed by atoms with E-state index in [0.717, 1.165) is 51.9 Å². The Bertz CT molecular complexity index is 2750. The summed E-state index contributed by atoms with van der Waals surface area (Å²) in [5, 5.41) is 18.7. The Balaban J connectivity index is 0.881. The lowest BCUT2D eigenvalue weighted by Gasteiger charge is -2.32. The molecule has 7 rings (SSSR count). The minimum Gasteiger partial charge on any atom is -0.445 e. The monoisotopic (exact) mass is 986 g/mol. The number of primary amides is 1. The zero-order valence-corrected chi connectivity index (χ0v) is 40.7. The van der Waals surface area contributed by atoms with E-state index in [0.29, 0.717) is 62.2 Å². The molecule has 3 atom stereocenters. The number of likely N-dealkylation sites (tertiary alicyclic amines) is 1. The highest BCUT2D eigenvalue weighted by molar-refractivity contribution is 6.12. The van der Waals surface area contributed by atoms with Crippen LogP contribution in [0.25, 0.3) is 28.3 Å². The van der Waals surface area contributed by atoms with Crippen molar-refractivity contribution in [3.05, 3.63) is 96.4 Å². The van der Waals surface area contributed by atoms with E-state index < -0.39 is 36.0 Å². The van der Waals surface area contributed by atoms with Crippen molar-refractivity contribution in [3.63, 3.8) is 0 Å². The van der Waals surface area contributed by atoms with E-state index in [2.05, 4.69) is 41.7 Å². The molecule has 2 aliphatic rings. The molecule has 8 N–H and O–H groups in total. The highest BCUT2D eigenvalue weighted by Gasteiger charge is 2.30. The zero-order chi connectivity index (χ0) is 51.1. The maximum Gasteiger partial charge on any atom is 0.410 e. The second-order valence-corrected chi connectivity index (χ2v) is 18.2. The van der Waals surface area contributed by atoms with E-state index in [-0.39, 0.29) is 62.2 Å². The van der Waals surface area contributed by atoms with Gasteiger partial charge in [-0.05, 0) is 93.3 Å². The fourth-order valence-corrected chi connectivity index (χ4v) is 8.46. The lowest BCUT2D eigenvalue weighted by Crippen LogP contribution is -2.54. The van der Waals surface area contributed by atoms with Crippen molar-refractivity contribution >= 4 is 53.0 Å². The topological polar surface area (TPSA) is 293 Å². The average Bonchev–Trinajstić information content (AvgIpc) is 4.11. The van der Waals surface area contributed by atoms with Crippen LogP contribution in [0.15, 0.2) is 79.3 Å². The number of imide groups is 1. The minimum atomic E-state index is -1.04. The van der Waals surface area contributed by atoms with Gasteiger partial charge in [-0.1, -0.05) is 38.5 Å². The van der Waals surface area contributed by atoms with E-state index in [1.165, 1.54) is 18.5 Å². The molecule has 0 bridgehead atoms.